The van der Waals surface area contributed by atoms with Gasteiger partial charge in [-0.1, -0.05) is 42.1 Å². The summed E-state index contributed by atoms with van der Waals surface area (Å²) < 4.78 is 10.7. The second kappa shape index (κ2) is 8.55. The fourth-order valence-corrected chi connectivity index (χ4v) is 3.14. The number of H-pyrrole nitrogens is 1. The normalized spacial score (nSPS) is 10.4. The van der Waals surface area contributed by atoms with E-state index in [0.29, 0.717) is 27.9 Å². The van der Waals surface area contributed by atoms with Crippen molar-refractivity contribution in [3.05, 3.63) is 76.2 Å². The lowest BCUT2D eigenvalue weighted by Crippen LogP contribution is -2.14. The van der Waals surface area contributed by atoms with Gasteiger partial charge in [-0.3, -0.25) is 14.6 Å². The highest BCUT2D eigenvalue weighted by Gasteiger charge is 2.13. The number of nitrogens with zero attached hydrogens (tertiary/aromatic N) is 1. The number of aromatic amines is 1. The van der Waals surface area contributed by atoms with Crippen molar-refractivity contribution in [3.63, 3.8) is 0 Å². The van der Waals surface area contributed by atoms with Crippen molar-refractivity contribution >= 4 is 17.5 Å². The van der Waals surface area contributed by atoms with Gasteiger partial charge in [-0.2, -0.15) is 0 Å². The summed E-state index contributed by atoms with van der Waals surface area (Å²) in [4.78, 5) is 31.5. The van der Waals surface area contributed by atoms with Crippen molar-refractivity contribution in [2.45, 2.75) is 12.1 Å². The van der Waals surface area contributed by atoms with Gasteiger partial charge in [0.25, 0.3) is 5.56 Å². The molecular formula is C20H18N2O4S. The minimum absolute atomic E-state index is 0.0283. The van der Waals surface area contributed by atoms with Crippen molar-refractivity contribution < 1.29 is 14.3 Å². The summed E-state index contributed by atoms with van der Waals surface area (Å²) in [5.41, 5.74) is 0.681. The number of Topliss-reactive ketones (excluding diaryl/α,β-unsaturated/α-hetero) is 1. The Labute approximate surface area is 160 Å². The number of carbonyl (C=O) groups is 1. The second-order valence-electron chi connectivity index (χ2n) is 5.64. The predicted molar refractivity (Wildman–Crippen MR) is 104 cm³/mol. The quantitative estimate of drug-likeness (QED) is 0.380. The summed E-state index contributed by atoms with van der Waals surface area (Å²) in [5.74, 6) is 1.48. The molecule has 3 aromatic rings. The molecule has 0 saturated heterocycles. The van der Waals surface area contributed by atoms with Gasteiger partial charge in [0.1, 0.15) is 11.5 Å². The van der Waals surface area contributed by atoms with E-state index < -0.39 is 5.56 Å². The topological polar surface area (TPSA) is 81.3 Å². The molecule has 0 unspecified atom stereocenters. The van der Waals surface area contributed by atoms with Crippen LogP contribution in [-0.4, -0.2) is 28.6 Å². The monoisotopic (exact) mass is 382 g/mol. The maximum atomic E-state index is 12.4. The molecule has 27 heavy (non-hydrogen) atoms. The first kappa shape index (κ1) is 18.7. The van der Waals surface area contributed by atoms with Crippen LogP contribution >= 0.6 is 11.8 Å². The number of hydrogen-bond donors (Lipinski definition) is 1. The van der Waals surface area contributed by atoms with Crippen molar-refractivity contribution in [1.29, 1.82) is 0 Å². The average molecular weight is 382 g/mol. The summed E-state index contributed by atoms with van der Waals surface area (Å²) in [6.45, 7) is 1.69. The Bertz CT molecular complexity index is 985. The fourth-order valence-electron chi connectivity index (χ4n) is 2.34. The number of ether oxygens (including phenoxy) is 2. The zero-order valence-electron chi connectivity index (χ0n) is 14.9. The van der Waals surface area contributed by atoms with E-state index in [1.165, 1.54) is 11.8 Å². The van der Waals surface area contributed by atoms with Crippen LogP contribution in [0.4, 0.5) is 0 Å². The first-order valence-corrected chi connectivity index (χ1v) is 9.19. The van der Waals surface area contributed by atoms with Crippen LogP contribution in [0.25, 0.3) is 0 Å². The average Bonchev–Trinajstić information content (AvgIpc) is 2.70. The minimum atomic E-state index is -0.395. The molecule has 138 valence electrons. The van der Waals surface area contributed by atoms with Crippen LogP contribution in [0.15, 0.2) is 64.5 Å². The Morgan fingerprint density at radius 1 is 1.07 bits per heavy atom. The van der Waals surface area contributed by atoms with E-state index in [4.69, 9.17) is 9.47 Å². The van der Waals surface area contributed by atoms with E-state index >= 15 is 0 Å². The Morgan fingerprint density at radius 3 is 2.37 bits per heavy atom. The number of hydrogen-bond acceptors (Lipinski definition) is 6. The number of aryl methyl sites for hydroxylation is 1. The SMILES string of the molecule is COc1ccc(Oc2c(C)nc(SCC(=O)c3ccccc3)[nH]c2=O)cc1. The summed E-state index contributed by atoms with van der Waals surface area (Å²) in [7, 11) is 1.58. The van der Waals surface area contributed by atoms with Crippen LogP contribution in [-0.2, 0) is 0 Å². The van der Waals surface area contributed by atoms with Crippen molar-refractivity contribution in [3.8, 4) is 17.2 Å². The first-order chi connectivity index (χ1) is 13.1. The highest BCUT2D eigenvalue weighted by molar-refractivity contribution is 7.99. The van der Waals surface area contributed by atoms with E-state index in [-0.39, 0.29) is 17.3 Å². The summed E-state index contributed by atoms with van der Waals surface area (Å²) in [5, 5.41) is 0.379. The maximum absolute atomic E-state index is 12.4. The van der Waals surface area contributed by atoms with Crippen LogP contribution in [0.1, 0.15) is 16.1 Å². The van der Waals surface area contributed by atoms with Gasteiger partial charge in [0, 0.05) is 5.56 Å². The van der Waals surface area contributed by atoms with Crippen LogP contribution in [0, 0.1) is 6.92 Å². The van der Waals surface area contributed by atoms with E-state index in [1.807, 2.05) is 18.2 Å². The molecule has 2 aromatic carbocycles. The molecule has 0 saturated carbocycles. The fraction of sp³-hybridized carbons (Fsp3) is 0.150. The Morgan fingerprint density at radius 2 is 1.74 bits per heavy atom. The number of rotatable bonds is 7. The third-order valence-electron chi connectivity index (χ3n) is 3.74. The molecule has 1 heterocycles. The van der Waals surface area contributed by atoms with Crippen molar-refractivity contribution in [1.82, 2.24) is 9.97 Å². The molecule has 0 radical (unpaired) electrons. The lowest BCUT2D eigenvalue weighted by Gasteiger charge is -2.09. The molecule has 1 N–H and O–H groups in total. The lowest BCUT2D eigenvalue weighted by atomic mass is 10.2. The zero-order valence-corrected chi connectivity index (χ0v) is 15.7. The number of carbonyl (C=O) groups excluding carboxylic acids is 1. The number of benzene rings is 2. The number of thioether (sulfide) groups is 1. The molecule has 0 aliphatic rings. The minimum Gasteiger partial charge on any atom is -0.497 e. The molecule has 0 fully saturated rings. The van der Waals surface area contributed by atoms with E-state index in [9.17, 15) is 9.59 Å². The van der Waals surface area contributed by atoms with Gasteiger partial charge in [0.2, 0.25) is 5.75 Å². The third kappa shape index (κ3) is 4.77. The smallest absolute Gasteiger partial charge is 0.294 e. The molecule has 0 aliphatic heterocycles. The second-order valence-corrected chi connectivity index (χ2v) is 6.61. The molecule has 0 spiro atoms. The molecule has 6 nitrogen and oxygen atoms in total. The molecule has 0 aliphatic carbocycles. The molecule has 1 aromatic heterocycles. The highest BCUT2D eigenvalue weighted by Crippen LogP contribution is 2.24. The number of nitrogens with one attached hydrogen (secondary N) is 1. The van der Waals surface area contributed by atoms with Crippen LogP contribution in [0.5, 0.6) is 17.2 Å². The van der Waals surface area contributed by atoms with Gasteiger partial charge in [-0.15, -0.1) is 0 Å². The summed E-state index contributed by atoms with van der Waals surface area (Å²) in [6.07, 6.45) is 0. The largest absolute Gasteiger partial charge is 0.497 e. The molecular weight excluding hydrogens is 364 g/mol. The van der Waals surface area contributed by atoms with Gasteiger partial charge in [0.15, 0.2) is 10.9 Å². The van der Waals surface area contributed by atoms with Gasteiger partial charge in [0.05, 0.1) is 18.6 Å². The Kier molecular flexibility index (Phi) is 5.93. The number of aromatic nitrogens is 2. The summed E-state index contributed by atoms with van der Waals surface area (Å²) >= 11 is 1.18. The predicted octanol–water partition coefficient (Wildman–Crippen LogP) is 3.85. The van der Waals surface area contributed by atoms with E-state index in [0.717, 1.165) is 0 Å². The molecule has 0 bridgehead atoms. The third-order valence-corrected chi connectivity index (χ3v) is 4.61. The van der Waals surface area contributed by atoms with Crippen LogP contribution in [0.2, 0.25) is 0 Å². The first-order valence-electron chi connectivity index (χ1n) is 8.20. The van der Waals surface area contributed by atoms with E-state index in [2.05, 4.69) is 9.97 Å². The van der Waals surface area contributed by atoms with Gasteiger partial charge in [-0.05, 0) is 31.2 Å². The van der Waals surface area contributed by atoms with Gasteiger partial charge in [-0.25, -0.2) is 4.98 Å². The molecule has 7 heteroatoms. The van der Waals surface area contributed by atoms with Crippen molar-refractivity contribution in [2.75, 3.05) is 12.9 Å². The van der Waals surface area contributed by atoms with Crippen LogP contribution in [0.3, 0.4) is 0 Å². The molecule has 0 atom stereocenters. The molecule has 0 amide bonds. The summed E-state index contributed by atoms with van der Waals surface area (Å²) in [6, 6.07) is 15.9. The Balaban J connectivity index is 1.70. The van der Waals surface area contributed by atoms with Gasteiger partial charge < -0.3 is 9.47 Å². The highest BCUT2D eigenvalue weighted by atomic mass is 32.2. The number of methoxy groups -OCH3 is 1. The Hall–Kier alpha value is -3.06. The number of ketones is 1. The maximum Gasteiger partial charge on any atom is 0.294 e. The van der Waals surface area contributed by atoms with Crippen LogP contribution < -0.4 is 15.0 Å². The van der Waals surface area contributed by atoms with E-state index in [1.54, 1.807) is 50.4 Å². The lowest BCUT2D eigenvalue weighted by molar-refractivity contribution is 0.102. The zero-order chi connectivity index (χ0) is 19.2. The standard InChI is InChI=1S/C20H18N2O4S/c1-13-18(26-16-10-8-15(25-2)9-11-16)19(24)22-20(21-13)27-12-17(23)14-6-4-3-5-7-14/h3-11H,12H2,1-2H3,(H,21,22,24). The molecule has 3 rings (SSSR count). The van der Waals surface area contributed by atoms with Gasteiger partial charge >= 0.3 is 0 Å². The van der Waals surface area contributed by atoms with Crippen molar-refractivity contribution in [2.24, 2.45) is 0 Å².